The van der Waals surface area contributed by atoms with Crippen LogP contribution in [0.15, 0.2) is 60.8 Å². The summed E-state index contributed by atoms with van der Waals surface area (Å²) < 4.78 is 31.7. The molecule has 1 aliphatic rings. The third-order valence-electron chi connectivity index (χ3n) is 7.17. The number of carbonyl (C=O) groups is 3. The summed E-state index contributed by atoms with van der Waals surface area (Å²) in [7, 11) is 3.48. The molecule has 0 spiro atoms. The Kier molecular flexibility index (Phi) is 11.3. The van der Waals surface area contributed by atoms with Crippen LogP contribution < -0.4 is 11.1 Å². The van der Waals surface area contributed by atoms with E-state index in [4.69, 9.17) is 15.6 Å². The van der Waals surface area contributed by atoms with Crippen molar-refractivity contribution >= 4 is 17.8 Å². The summed E-state index contributed by atoms with van der Waals surface area (Å²) in [6.45, 7) is 0.699. The number of amides is 2. The average Bonchev–Trinajstić information content (AvgIpc) is 3.47. The van der Waals surface area contributed by atoms with Crippen molar-refractivity contribution in [3.8, 4) is 11.3 Å². The molecule has 1 heterocycles. The lowest BCUT2D eigenvalue weighted by Gasteiger charge is -2.28. The van der Waals surface area contributed by atoms with Crippen LogP contribution in [-0.4, -0.2) is 64.6 Å². The minimum absolute atomic E-state index is 0.0206. The Labute approximate surface area is 242 Å². The van der Waals surface area contributed by atoms with Gasteiger partial charge in [-0.1, -0.05) is 42.5 Å². The van der Waals surface area contributed by atoms with E-state index in [0.717, 1.165) is 48.3 Å². The van der Waals surface area contributed by atoms with Crippen LogP contribution in [0.3, 0.4) is 0 Å². The average molecular weight is 588 g/mol. The predicted molar refractivity (Wildman–Crippen MR) is 151 cm³/mol. The highest BCUT2D eigenvalue weighted by molar-refractivity contribution is 5.94. The van der Waals surface area contributed by atoms with Gasteiger partial charge in [0.05, 0.1) is 17.9 Å². The summed E-state index contributed by atoms with van der Waals surface area (Å²) in [4.78, 5) is 43.9. The molecule has 5 N–H and O–H groups in total. The van der Waals surface area contributed by atoms with Crippen LogP contribution >= 0.6 is 0 Å². The Morgan fingerprint density at radius 1 is 1.05 bits per heavy atom. The molecule has 0 unspecified atom stereocenters. The van der Waals surface area contributed by atoms with Crippen LogP contribution in [0.25, 0.3) is 11.3 Å². The molecule has 3 aromatic rings. The van der Waals surface area contributed by atoms with E-state index < -0.39 is 12.1 Å². The van der Waals surface area contributed by atoms with Gasteiger partial charge in [0.25, 0.3) is 5.91 Å². The van der Waals surface area contributed by atoms with Crippen molar-refractivity contribution in [2.45, 2.75) is 44.3 Å². The van der Waals surface area contributed by atoms with E-state index in [1.807, 2.05) is 42.5 Å². The first-order valence-electron chi connectivity index (χ1n) is 13.6. The van der Waals surface area contributed by atoms with E-state index >= 15 is 0 Å². The number of aromatic amines is 1. The van der Waals surface area contributed by atoms with Crippen LogP contribution in [0.2, 0.25) is 0 Å². The van der Waals surface area contributed by atoms with Gasteiger partial charge in [0, 0.05) is 25.6 Å². The molecule has 12 heteroatoms. The minimum atomic E-state index is -5.08. The molecule has 1 fully saturated rings. The van der Waals surface area contributed by atoms with E-state index in [-0.39, 0.29) is 23.8 Å². The number of carbonyl (C=O) groups excluding carboxylic acids is 2. The summed E-state index contributed by atoms with van der Waals surface area (Å²) in [6, 6.07) is 17.3. The molecule has 2 aromatic carbocycles. The van der Waals surface area contributed by atoms with Crippen molar-refractivity contribution in [1.29, 1.82) is 0 Å². The van der Waals surface area contributed by atoms with Gasteiger partial charge >= 0.3 is 12.1 Å². The number of hydrogen-bond acceptors (Lipinski definition) is 5. The van der Waals surface area contributed by atoms with Crippen molar-refractivity contribution in [2.75, 3.05) is 20.6 Å². The molecular weight excluding hydrogens is 551 g/mol. The number of nitrogens with one attached hydrogen (secondary N) is 2. The maximum Gasteiger partial charge on any atom is 0.490 e. The van der Waals surface area contributed by atoms with E-state index in [2.05, 4.69) is 27.4 Å². The van der Waals surface area contributed by atoms with E-state index in [1.165, 1.54) is 0 Å². The predicted octanol–water partition coefficient (Wildman–Crippen LogP) is 4.58. The summed E-state index contributed by atoms with van der Waals surface area (Å²) in [5.41, 5.74) is 9.37. The summed E-state index contributed by atoms with van der Waals surface area (Å²) in [5.74, 6) is -1.42. The molecule has 0 saturated heterocycles. The van der Waals surface area contributed by atoms with E-state index in [1.54, 1.807) is 25.2 Å². The summed E-state index contributed by atoms with van der Waals surface area (Å²) in [6.07, 6.45) is 1.13. The normalized spacial score (nSPS) is 17.4. The third-order valence-corrected chi connectivity index (χ3v) is 7.17. The van der Waals surface area contributed by atoms with Crippen molar-refractivity contribution in [3.05, 3.63) is 77.7 Å². The number of aliphatic carboxylic acids is 1. The molecule has 42 heavy (non-hydrogen) atoms. The molecular formula is C30H36F3N5O4. The first-order chi connectivity index (χ1) is 19.9. The number of hydrogen-bond donors (Lipinski definition) is 4. The van der Waals surface area contributed by atoms with Crippen LogP contribution in [0.5, 0.6) is 0 Å². The topological polar surface area (TPSA) is 141 Å². The highest BCUT2D eigenvalue weighted by atomic mass is 19.4. The monoisotopic (exact) mass is 587 g/mol. The van der Waals surface area contributed by atoms with Crippen LogP contribution in [0, 0.1) is 11.8 Å². The van der Waals surface area contributed by atoms with Crippen molar-refractivity contribution in [1.82, 2.24) is 20.2 Å². The van der Waals surface area contributed by atoms with E-state index in [9.17, 15) is 22.8 Å². The second-order valence-electron chi connectivity index (χ2n) is 10.5. The quantitative estimate of drug-likeness (QED) is 0.304. The fourth-order valence-corrected chi connectivity index (χ4v) is 4.73. The Balaban J connectivity index is 0.000000616. The number of rotatable bonds is 8. The maximum atomic E-state index is 13.2. The fourth-order valence-electron chi connectivity index (χ4n) is 4.73. The second kappa shape index (κ2) is 14.6. The van der Waals surface area contributed by atoms with Crippen molar-refractivity contribution < 1.29 is 32.7 Å². The Morgan fingerprint density at radius 3 is 2.17 bits per heavy atom. The Hall–Kier alpha value is -4.19. The molecule has 0 radical (unpaired) electrons. The molecule has 0 aliphatic heterocycles. The zero-order valence-corrected chi connectivity index (χ0v) is 23.5. The van der Waals surface area contributed by atoms with Gasteiger partial charge in [-0.2, -0.15) is 13.2 Å². The number of H-pyrrole nitrogens is 1. The lowest BCUT2D eigenvalue weighted by atomic mass is 9.81. The highest BCUT2D eigenvalue weighted by Gasteiger charge is 2.38. The van der Waals surface area contributed by atoms with Gasteiger partial charge in [-0.05, 0) is 67.8 Å². The number of alkyl halides is 3. The Morgan fingerprint density at radius 2 is 1.64 bits per heavy atom. The SMILES string of the molecule is CN(C)C(=O)c1ccc(-c2cnc([C@H](Cc3ccccc3)NC(=O)C3CCC(CN)CC3)[nH]2)cc1.O=C(O)C(F)(F)F. The molecule has 2 amide bonds. The first-order valence-corrected chi connectivity index (χ1v) is 13.6. The second-order valence-corrected chi connectivity index (χ2v) is 10.5. The molecule has 4 rings (SSSR count). The third kappa shape index (κ3) is 9.16. The zero-order chi connectivity index (χ0) is 30.9. The van der Waals surface area contributed by atoms with Gasteiger partial charge in [0.1, 0.15) is 5.82 Å². The van der Waals surface area contributed by atoms with Crippen LogP contribution in [0.4, 0.5) is 13.2 Å². The van der Waals surface area contributed by atoms with Gasteiger partial charge < -0.3 is 26.0 Å². The smallest absolute Gasteiger partial charge is 0.475 e. The van der Waals surface area contributed by atoms with Gasteiger partial charge in [-0.25, -0.2) is 9.78 Å². The number of benzene rings is 2. The molecule has 0 bridgehead atoms. The fraction of sp³-hybridized carbons (Fsp3) is 0.400. The number of halogens is 3. The Bertz CT molecular complexity index is 1320. The lowest BCUT2D eigenvalue weighted by Crippen LogP contribution is -2.37. The number of carboxylic acids is 1. The summed E-state index contributed by atoms with van der Waals surface area (Å²) in [5, 5.41) is 10.4. The molecule has 1 atom stereocenters. The van der Waals surface area contributed by atoms with Crippen LogP contribution in [-0.2, 0) is 16.0 Å². The standard InChI is InChI=1S/C28H35N5O2.C2HF3O2/c1-33(2)28(35)23-14-12-21(13-15-23)25-18-30-26(31-25)24(16-19-6-4-3-5-7-19)32-27(34)22-10-8-20(17-29)9-11-22;3-2(4,5)1(6)7/h3-7,12-15,18,20,22,24H,8-11,16-17,29H2,1-2H3,(H,30,31)(H,32,34);(H,6,7)/t20?,22?,24-;/m0./s1. The maximum absolute atomic E-state index is 13.2. The van der Waals surface area contributed by atoms with Crippen molar-refractivity contribution in [2.24, 2.45) is 17.6 Å². The molecule has 9 nitrogen and oxygen atoms in total. The number of aromatic nitrogens is 2. The van der Waals surface area contributed by atoms with Gasteiger partial charge in [-0.3, -0.25) is 9.59 Å². The van der Waals surface area contributed by atoms with Crippen molar-refractivity contribution in [3.63, 3.8) is 0 Å². The van der Waals surface area contributed by atoms with Crippen LogP contribution in [0.1, 0.15) is 53.5 Å². The van der Waals surface area contributed by atoms with Gasteiger partial charge in [-0.15, -0.1) is 0 Å². The largest absolute Gasteiger partial charge is 0.490 e. The van der Waals surface area contributed by atoms with E-state index in [0.29, 0.717) is 24.4 Å². The number of carboxylic acid groups (broad SMARTS) is 1. The summed E-state index contributed by atoms with van der Waals surface area (Å²) >= 11 is 0. The first kappa shape index (κ1) is 32.3. The number of nitrogens with zero attached hydrogens (tertiary/aromatic N) is 2. The molecule has 1 aliphatic carbocycles. The highest BCUT2D eigenvalue weighted by Crippen LogP contribution is 2.29. The molecule has 1 aromatic heterocycles. The zero-order valence-electron chi connectivity index (χ0n) is 23.5. The molecule has 226 valence electrons. The van der Waals surface area contributed by atoms with Gasteiger partial charge in [0.2, 0.25) is 5.91 Å². The minimum Gasteiger partial charge on any atom is -0.475 e. The lowest BCUT2D eigenvalue weighted by molar-refractivity contribution is -0.192. The molecule has 1 saturated carbocycles. The number of nitrogens with two attached hydrogens (primary N) is 1. The number of imidazole rings is 1. The van der Waals surface area contributed by atoms with Gasteiger partial charge in [0.15, 0.2) is 0 Å².